The largest absolute Gasteiger partial charge is 0.573 e. The molecule has 0 fully saturated rings. The van der Waals surface area contributed by atoms with Crippen LogP contribution in [0.25, 0.3) is 0 Å². The standard InChI is InChI=1S/C9H6BrF6NO/c10-4-1-2-6(18-9(14,15)16)5(3-4)7(17)8(11,12)13/h1-3,7H,17H2/t7-/m1/s1. The minimum Gasteiger partial charge on any atom is -0.405 e. The number of benzene rings is 1. The van der Waals surface area contributed by atoms with Crippen molar-refractivity contribution in [2.45, 2.75) is 18.6 Å². The molecule has 0 radical (unpaired) electrons. The van der Waals surface area contributed by atoms with Gasteiger partial charge in [0, 0.05) is 10.0 Å². The second-order valence-electron chi connectivity index (χ2n) is 3.25. The molecule has 2 N–H and O–H groups in total. The molecule has 1 aromatic rings. The summed E-state index contributed by atoms with van der Waals surface area (Å²) in [5, 5.41) is 0. The molecule has 102 valence electrons. The number of nitrogens with two attached hydrogens (primary N) is 1. The van der Waals surface area contributed by atoms with Crippen LogP contribution < -0.4 is 10.5 Å². The molecular weight excluding hydrogens is 332 g/mol. The van der Waals surface area contributed by atoms with Gasteiger partial charge in [0.1, 0.15) is 11.8 Å². The van der Waals surface area contributed by atoms with Crippen LogP contribution in [0.5, 0.6) is 5.75 Å². The lowest BCUT2D eigenvalue weighted by Gasteiger charge is -2.20. The summed E-state index contributed by atoms with van der Waals surface area (Å²) >= 11 is 2.85. The van der Waals surface area contributed by atoms with Crippen LogP contribution in [0.2, 0.25) is 0 Å². The normalized spacial score (nSPS) is 14.4. The Morgan fingerprint density at radius 1 is 1.11 bits per heavy atom. The first kappa shape index (κ1) is 15.1. The Kier molecular flexibility index (Phi) is 4.16. The van der Waals surface area contributed by atoms with Crippen molar-refractivity contribution in [2.24, 2.45) is 5.73 Å². The van der Waals surface area contributed by atoms with Crippen LogP contribution in [0.3, 0.4) is 0 Å². The molecule has 0 spiro atoms. The predicted molar refractivity (Wildman–Crippen MR) is 53.8 cm³/mol. The summed E-state index contributed by atoms with van der Waals surface area (Å²) in [5.74, 6) is -0.976. The Labute approximate surface area is 106 Å². The maximum absolute atomic E-state index is 12.4. The Balaban J connectivity index is 3.20. The Hall–Kier alpha value is -0.960. The third-order valence-corrected chi connectivity index (χ3v) is 2.38. The van der Waals surface area contributed by atoms with E-state index in [1.807, 2.05) is 0 Å². The van der Waals surface area contributed by atoms with E-state index < -0.39 is 29.9 Å². The van der Waals surface area contributed by atoms with Crippen molar-refractivity contribution in [3.05, 3.63) is 28.2 Å². The number of alkyl halides is 6. The van der Waals surface area contributed by atoms with Gasteiger partial charge in [-0.15, -0.1) is 13.2 Å². The number of halogens is 7. The molecule has 1 aromatic carbocycles. The Bertz CT molecular complexity index is 430. The van der Waals surface area contributed by atoms with Gasteiger partial charge >= 0.3 is 12.5 Å². The van der Waals surface area contributed by atoms with Crippen LogP contribution in [0, 0.1) is 0 Å². The van der Waals surface area contributed by atoms with Crippen LogP contribution in [-0.4, -0.2) is 12.5 Å². The lowest BCUT2D eigenvalue weighted by Crippen LogP contribution is -2.30. The fourth-order valence-electron chi connectivity index (χ4n) is 1.16. The molecule has 0 saturated carbocycles. The molecule has 18 heavy (non-hydrogen) atoms. The highest BCUT2D eigenvalue weighted by molar-refractivity contribution is 9.10. The van der Waals surface area contributed by atoms with Crippen LogP contribution in [0.15, 0.2) is 22.7 Å². The van der Waals surface area contributed by atoms with E-state index in [4.69, 9.17) is 5.73 Å². The minimum absolute atomic E-state index is 0.159. The van der Waals surface area contributed by atoms with Crippen LogP contribution >= 0.6 is 15.9 Å². The molecule has 9 heteroatoms. The van der Waals surface area contributed by atoms with Crippen molar-refractivity contribution in [1.29, 1.82) is 0 Å². The van der Waals surface area contributed by atoms with Crippen molar-refractivity contribution >= 4 is 15.9 Å². The average molecular weight is 338 g/mol. The van der Waals surface area contributed by atoms with Gasteiger partial charge in [0.05, 0.1) is 0 Å². The minimum atomic E-state index is -5.09. The van der Waals surface area contributed by atoms with E-state index in [2.05, 4.69) is 20.7 Å². The zero-order chi connectivity index (χ0) is 14.1. The summed E-state index contributed by atoms with van der Waals surface area (Å²) in [6.45, 7) is 0. The maximum atomic E-state index is 12.4. The first-order chi connectivity index (χ1) is 8.00. The molecule has 0 amide bonds. The third-order valence-electron chi connectivity index (χ3n) is 1.89. The van der Waals surface area contributed by atoms with E-state index >= 15 is 0 Å². The van der Waals surface area contributed by atoms with Gasteiger partial charge in [0.25, 0.3) is 0 Å². The molecule has 1 atom stereocenters. The van der Waals surface area contributed by atoms with E-state index in [1.165, 1.54) is 0 Å². The SMILES string of the molecule is N[C@H](c1cc(Br)ccc1OC(F)(F)F)C(F)(F)F. The fraction of sp³-hybridized carbons (Fsp3) is 0.333. The highest BCUT2D eigenvalue weighted by atomic mass is 79.9. The molecule has 1 rings (SSSR count). The van der Waals surface area contributed by atoms with E-state index in [-0.39, 0.29) is 4.47 Å². The molecule has 2 nitrogen and oxygen atoms in total. The molecular formula is C9H6BrF6NO. The van der Waals surface area contributed by atoms with E-state index in [1.54, 1.807) is 0 Å². The molecule has 0 heterocycles. The lowest BCUT2D eigenvalue weighted by molar-refractivity contribution is -0.275. The lowest BCUT2D eigenvalue weighted by atomic mass is 10.1. The van der Waals surface area contributed by atoms with Crippen LogP contribution in [0.4, 0.5) is 26.3 Å². The predicted octanol–water partition coefficient (Wildman–Crippen LogP) is 3.91. The molecule has 0 saturated heterocycles. The first-order valence-corrected chi connectivity index (χ1v) is 5.17. The van der Waals surface area contributed by atoms with E-state index in [0.717, 1.165) is 18.2 Å². The molecule has 0 aliphatic carbocycles. The van der Waals surface area contributed by atoms with Crippen molar-refractivity contribution < 1.29 is 31.1 Å². The molecule has 0 bridgehead atoms. The zero-order valence-corrected chi connectivity index (χ0v) is 10.0. The summed E-state index contributed by atoms with van der Waals surface area (Å²) in [4.78, 5) is 0. The van der Waals surface area contributed by atoms with Gasteiger partial charge in [-0.1, -0.05) is 15.9 Å². The van der Waals surface area contributed by atoms with Crippen molar-refractivity contribution in [2.75, 3.05) is 0 Å². The average Bonchev–Trinajstić information content (AvgIpc) is 2.16. The topological polar surface area (TPSA) is 35.2 Å². The summed E-state index contributed by atoms with van der Waals surface area (Å²) in [7, 11) is 0. The smallest absolute Gasteiger partial charge is 0.405 e. The number of rotatable bonds is 2. The highest BCUT2D eigenvalue weighted by Crippen LogP contribution is 2.38. The van der Waals surface area contributed by atoms with E-state index in [0.29, 0.717) is 0 Å². The summed E-state index contributed by atoms with van der Waals surface area (Å²) < 4.78 is 76.9. The second-order valence-corrected chi connectivity index (χ2v) is 4.16. The summed E-state index contributed by atoms with van der Waals surface area (Å²) in [6, 6.07) is 0.151. The fourth-order valence-corrected chi connectivity index (χ4v) is 1.54. The number of hydrogen-bond acceptors (Lipinski definition) is 2. The monoisotopic (exact) mass is 337 g/mol. The number of ether oxygens (including phenoxy) is 1. The Morgan fingerprint density at radius 2 is 1.67 bits per heavy atom. The molecule has 0 aliphatic rings. The summed E-state index contributed by atoms with van der Waals surface area (Å²) in [5.41, 5.74) is 4.07. The van der Waals surface area contributed by atoms with Gasteiger partial charge in [-0.25, -0.2) is 0 Å². The van der Waals surface area contributed by atoms with Gasteiger partial charge in [0.2, 0.25) is 0 Å². The maximum Gasteiger partial charge on any atom is 0.573 e. The molecule has 0 unspecified atom stereocenters. The first-order valence-electron chi connectivity index (χ1n) is 4.38. The van der Waals surface area contributed by atoms with E-state index in [9.17, 15) is 26.3 Å². The number of hydrogen-bond donors (Lipinski definition) is 1. The van der Waals surface area contributed by atoms with Crippen LogP contribution in [-0.2, 0) is 0 Å². The quantitative estimate of drug-likeness (QED) is 0.830. The van der Waals surface area contributed by atoms with Crippen molar-refractivity contribution in [3.63, 3.8) is 0 Å². The van der Waals surface area contributed by atoms with Crippen molar-refractivity contribution in [1.82, 2.24) is 0 Å². The van der Waals surface area contributed by atoms with Crippen molar-refractivity contribution in [3.8, 4) is 5.75 Å². The zero-order valence-electron chi connectivity index (χ0n) is 8.44. The molecule has 0 aromatic heterocycles. The van der Waals surface area contributed by atoms with Gasteiger partial charge < -0.3 is 10.5 Å². The summed E-state index contributed by atoms with van der Waals surface area (Å²) in [6.07, 6.45) is -9.96. The Morgan fingerprint density at radius 3 is 2.11 bits per heavy atom. The van der Waals surface area contributed by atoms with Gasteiger partial charge in [-0.05, 0) is 18.2 Å². The second kappa shape index (κ2) is 4.96. The third kappa shape index (κ3) is 4.05. The molecule has 0 aliphatic heterocycles. The van der Waals surface area contributed by atoms with Crippen LogP contribution in [0.1, 0.15) is 11.6 Å². The van der Waals surface area contributed by atoms with Gasteiger partial charge in [-0.3, -0.25) is 0 Å². The van der Waals surface area contributed by atoms with Gasteiger partial charge in [0.15, 0.2) is 0 Å². The highest BCUT2D eigenvalue weighted by Gasteiger charge is 2.41. The van der Waals surface area contributed by atoms with Gasteiger partial charge in [-0.2, -0.15) is 13.2 Å².